The number of primary amides is 1. The molecule has 25 heavy (non-hydrogen) atoms. The molecule has 0 radical (unpaired) electrons. The number of nitrogens with two attached hydrogens (primary N) is 1. The molecule has 2 heterocycles. The second kappa shape index (κ2) is 7.13. The minimum atomic E-state index is -0.353. The zero-order chi connectivity index (χ0) is 18.0. The fourth-order valence-electron chi connectivity index (χ4n) is 3.51. The monoisotopic (exact) mass is 344 g/mol. The maximum Gasteiger partial charge on any atom is 0.329 e. The number of imidazole rings is 1. The van der Waals surface area contributed by atoms with Crippen LogP contribution >= 0.6 is 0 Å². The number of amides is 2. The normalized spacial score (nSPS) is 17.3. The lowest BCUT2D eigenvalue weighted by Gasteiger charge is -2.16. The Bertz CT molecular complexity index is 852. The molecule has 134 valence electrons. The fraction of sp³-hybridized carbons (Fsp3) is 0.500. The molecule has 1 aromatic heterocycles. The van der Waals surface area contributed by atoms with Gasteiger partial charge in [-0.05, 0) is 25.0 Å². The number of aryl methyl sites for hydroxylation is 2. The number of benzene rings is 1. The minimum Gasteiger partial charge on any atom is -0.369 e. The van der Waals surface area contributed by atoms with Crippen LogP contribution in [-0.4, -0.2) is 38.9 Å². The number of hydrogen-bond donors (Lipinski definition) is 1. The third kappa shape index (κ3) is 3.31. The smallest absolute Gasteiger partial charge is 0.329 e. The first-order chi connectivity index (χ1) is 12.0. The van der Waals surface area contributed by atoms with Crippen LogP contribution in [0, 0.1) is 5.92 Å². The summed E-state index contributed by atoms with van der Waals surface area (Å²) in [7, 11) is 0. The number of likely N-dealkylation sites (tertiary alicyclic amines) is 1. The third-order valence-corrected chi connectivity index (χ3v) is 4.86. The Morgan fingerprint density at radius 3 is 2.36 bits per heavy atom. The van der Waals surface area contributed by atoms with Crippen LogP contribution in [0.3, 0.4) is 0 Å². The van der Waals surface area contributed by atoms with Crippen molar-refractivity contribution in [2.24, 2.45) is 11.7 Å². The quantitative estimate of drug-likeness (QED) is 0.845. The SMILES string of the molecule is CCCn1c(=O)n(CCC(=O)N2CC[C@H](C(N)=O)C2)c2ccccc21. The second-order valence-corrected chi connectivity index (χ2v) is 6.55. The van der Waals surface area contributed by atoms with Crippen molar-refractivity contribution in [1.29, 1.82) is 0 Å². The number of nitrogens with zero attached hydrogens (tertiary/aromatic N) is 3. The first-order valence-electron chi connectivity index (χ1n) is 8.78. The lowest BCUT2D eigenvalue weighted by molar-refractivity contribution is -0.130. The van der Waals surface area contributed by atoms with Crippen molar-refractivity contribution in [1.82, 2.24) is 14.0 Å². The molecule has 0 saturated carbocycles. The van der Waals surface area contributed by atoms with Gasteiger partial charge in [0.25, 0.3) is 0 Å². The molecular weight excluding hydrogens is 320 g/mol. The molecule has 7 heteroatoms. The predicted molar refractivity (Wildman–Crippen MR) is 95.0 cm³/mol. The van der Waals surface area contributed by atoms with E-state index in [-0.39, 0.29) is 29.8 Å². The van der Waals surface area contributed by atoms with Crippen LogP contribution in [0.2, 0.25) is 0 Å². The molecule has 2 amide bonds. The number of hydrogen-bond acceptors (Lipinski definition) is 3. The summed E-state index contributed by atoms with van der Waals surface area (Å²) in [6, 6.07) is 7.65. The van der Waals surface area contributed by atoms with Gasteiger partial charge in [-0.25, -0.2) is 4.79 Å². The van der Waals surface area contributed by atoms with Crippen molar-refractivity contribution in [2.45, 2.75) is 39.3 Å². The summed E-state index contributed by atoms with van der Waals surface area (Å²) in [6.45, 7) is 3.98. The van der Waals surface area contributed by atoms with Gasteiger partial charge in [0, 0.05) is 32.6 Å². The molecule has 1 aliphatic heterocycles. The average molecular weight is 344 g/mol. The molecule has 0 aliphatic carbocycles. The molecule has 1 aromatic carbocycles. The van der Waals surface area contributed by atoms with E-state index in [2.05, 4.69) is 0 Å². The Morgan fingerprint density at radius 1 is 1.16 bits per heavy atom. The summed E-state index contributed by atoms with van der Waals surface area (Å²) in [5.41, 5.74) is 6.99. The van der Waals surface area contributed by atoms with E-state index in [1.165, 1.54) is 0 Å². The Labute approximate surface area is 146 Å². The Balaban J connectivity index is 1.75. The van der Waals surface area contributed by atoms with Crippen molar-refractivity contribution in [3.05, 3.63) is 34.7 Å². The number of carbonyl (C=O) groups is 2. The maximum atomic E-state index is 12.7. The molecule has 7 nitrogen and oxygen atoms in total. The van der Waals surface area contributed by atoms with Gasteiger partial charge in [-0.3, -0.25) is 18.7 Å². The van der Waals surface area contributed by atoms with Crippen LogP contribution in [0.1, 0.15) is 26.2 Å². The first kappa shape index (κ1) is 17.3. The van der Waals surface area contributed by atoms with Crippen LogP contribution in [0.15, 0.2) is 29.1 Å². The Hall–Kier alpha value is -2.57. The van der Waals surface area contributed by atoms with Gasteiger partial charge in [0.1, 0.15) is 0 Å². The van der Waals surface area contributed by atoms with Crippen molar-refractivity contribution >= 4 is 22.8 Å². The summed E-state index contributed by atoms with van der Waals surface area (Å²) < 4.78 is 3.43. The molecule has 2 N–H and O–H groups in total. The molecule has 1 atom stereocenters. The van der Waals surface area contributed by atoms with Crippen molar-refractivity contribution in [3.63, 3.8) is 0 Å². The van der Waals surface area contributed by atoms with Crippen LogP contribution in [0.5, 0.6) is 0 Å². The summed E-state index contributed by atoms with van der Waals surface area (Å²) in [5.74, 6) is -0.643. The average Bonchev–Trinajstić information content (AvgIpc) is 3.19. The van der Waals surface area contributed by atoms with E-state index in [1.54, 1.807) is 14.0 Å². The summed E-state index contributed by atoms with van der Waals surface area (Å²) >= 11 is 0. The van der Waals surface area contributed by atoms with Crippen LogP contribution in [0.4, 0.5) is 0 Å². The molecule has 1 aliphatic rings. The number of fused-ring (bicyclic) bond motifs is 1. The van der Waals surface area contributed by atoms with Gasteiger partial charge in [0.2, 0.25) is 11.8 Å². The van der Waals surface area contributed by atoms with E-state index in [9.17, 15) is 14.4 Å². The van der Waals surface area contributed by atoms with E-state index in [0.717, 1.165) is 17.5 Å². The van der Waals surface area contributed by atoms with Gasteiger partial charge >= 0.3 is 5.69 Å². The number of rotatable bonds is 6. The van der Waals surface area contributed by atoms with E-state index in [0.29, 0.717) is 32.6 Å². The molecule has 3 rings (SSSR count). The van der Waals surface area contributed by atoms with E-state index in [4.69, 9.17) is 5.73 Å². The Morgan fingerprint density at radius 2 is 1.80 bits per heavy atom. The highest BCUT2D eigenvalue weighted by Gasteiger charge is 2.29. The molecule has 0 spiro atoms. The fourth-order valence-corrected chi connectivity index (χ4v) is 3.51. The van der Waals surface area contributed by atoms with Gasteiger partial charge in [-0.1, -0.05) is 19.1 Å². The number of aromatic nitrogens is 2. The number of carbonyl (C=O) groups excluding carboxylic acids is 2. The minimum absolute atomic E-state index is 0.0389. The molecule has 2 aromatic rings. The van der Waals surface area contributed by atoms with E-state index < -0.39 is 0 Å². The highest BCUT2D eigenvalue weighted by Crippen LogP contribution is 2.18. The van der Waals surface area contributed by atoms with E-state index >= 15 is 0 Å². The largest absolute Gasteiger partial charge is 0.369 e. The molecule has 0 bridgehead atoms. The zero-order valence-corrected chi connectivity index (χ0v) is 14.5. The molecule has 1 fully saturated rings. The van der Waals surface area contributed by atoms with Gasteiger partial charge < -0.3 is 10.6 Å². The van der Waals surface area contributed by atoms with Crippen LogP contribution in [0.25, 0.3) is 11.0 Å². The summed E-state index contributed by atoms with van der Waals surface area (Å²) in [5, 5.41) is 0. The predicted octanol–water partition coefficient (Wildman–Crippen LogP) is 0.937. The maximum absolute atomic E-state index is 12.7. The lowest BCUT2D eigenvalue weighted by atomic mass is 10.1. The van der Waals surface area contributed by atoms with Gasteiger partial charge in [-0.15, -0.1) is 0 Å². The highest BCUT2D eigenvalue weighted by atomic mass is 16.2. The third-order valence-electron chi connectivity index (χ3n) is 4.86. The van der Waals surface area contributed by atoms with Crippen molar-refractivity contribution in [2.75, 3.05) is 13.1 Å². The molecule has 0 unspecified atom stereocenters. The first-order valence-corrected chi connectivity index (χ1v) is 8.78. The number of para-hydroxylation sites is 2. The standard InChI is InChI=1S/C18H24N4O3/c1-2-9-21-14-5-3-4-6-15(14)22(18(21)25)11-8-16(23)20-10-7-13(12-20)17(19)24/h3-6,13H,2,7-12H2,1H3,(H2,19,24)/t13-/m0/s1. The molecule has 1 saturated heterocycles. The van der Waals surface area contributed by atoms with Crippen molar-refractivity contribution < 1.29 is 9.59 Å². The molecular formula is C18H24N4O3. The highest BCUT2D eigenvalue weighted by molar-refractivity contribution is 5.81. The topological polar surface area (TPSA) is 90.3 Å². The Kier molecular flexibility index (Phi) is 4.92. The van der Waals surface area contributed by atoms with Crippen molar-refractivity contribution in [3.8, 4) is 0 Å². The van der Waals surface area contributed by atoms with Crippen LogP contribution < -0.4 is 11.4 Å². The van der Waals surface area contributed by atoms with Crippen LogP contribution in [-0.2, 0) is 22.7 Å². The van der Waals surface area contributed by atoms with Gasteiger partial charge in [0.15, 0.2) is 0 Å². The summed E-state index contributed by atoms with van der Waals surface area (Å²) in [4.78, 5) is 38.0. The van der Waals surface area contributed by atoms with Gasteiger partial charge in [0.05, 0.1) is 17.0 Å². The lowest BCUT2D eigenvalue weighted by Crippen LogP contribution is -2.33. The van der Waals surface area contributed by atoms with Gasteiger partial charge in [-0.2, -0.15) is 0 Å². The van der Waals surface area contributed by atoms with E-state index in [1.807, 2.05) is 31.2 Å². The summed E-state index contributed by atoms with van der Waals surface area (Å²) in [6.07, 6.45) is 1.73. The zero-order valence-electron chi connectivity index (χ0n) is 14.5. The second-order valence-electron chi connectivity index (χ2n) is 6.55.